The van der Waals surface area contributed by atoms with E-state index >= 15 is 0 Å². The molecule has 6 nitrogen and oxygen atoms in total. The van der Waals surface area contributed by atoms with Crippen molar-refractivity contribution >= 4 is 11.8 Å². The molecule has 0 bridgehead atoms. The number of fused-ring (bicyclic) bond motifs is 1. The van der Waals surface area contributed by atoms with Crippen LogP contribution in [-0.4, -0.2) is 46.7 Å². The Kier molecular flexibility index (Phi) is 5.98. The molecule has 2 aliphatic rings. The van der Waals surface area contributed by atoms with Crippen molar-refractivity contribution in [2.45, 2.75) is 51.2 Å². The van der Waals surface area contributed by atoms with Gasteiger partial charge in [-0.2, -0.15) is 13.2 Å². The van der Waals surface area contributed by atoms with Gasteiger partial charge < -0.3 is 19.5 Å². The molecule has 1 aromatic heterocycles. The first kappa shape index (κ1) is 22.3. The number of nitrogens with zero attached hydrogens (tertiary/aromatic N) is 2. The Morgan fingerprint density at radius 3 is 2.59 bits per heavy atom. The Labute approximate surface area is 182 Å². The van der Waals surface area contributed by atoms with Crippen LogP contribution < -0.4 is 5.32 Å². The highest BCUT2D eigenvalue weighted by Gasteiger charge is 2.48. The van der Waals surface area contributed by atoms with Crippen LogP contribution in [0.25, 0.3) is 0 Å². The molecule has 1 aromatic carbocycles. The summed E-state index contributed by atoms with van der Waals surface area (Å²) in [5.41, 5.74) is 1.33. The third-order valence-electron chi connectivity index (χ3n) is 5.98. The first-order chi connectivity index (χ1) is 15.2. The molecule has 2 amide bonds. The second-order valence-corrected chi connectivity index (χ2v) is 8.04. The molecule has 2 unspecified atom stereocenters. The van der Waals surface area contributed by atoms with Crippen molar-refractivity contribution in [3.05, 3.63) is 58.7 Å². The van der Waals surface area contributed by atoms with Gasteiger partial charge in [0.25, 0.3) is 11.8 Å². The minimum absolute atomic E-state index is 0.0115. The van der Waals surface area contributed by atoms with E-state index in [0.717, 1.165) is 4.90 Å². The molecule has 172 valence electrons. The Balaban J connectivity index is 1.61. The number of carbonyl (C=O) groups excluding carboxylic acids is 2. The molecule has 0 saturated carbocycles. The number of benzene rings is 1. The zero-order valence-electron chi connectivity index (χ0n) is 17.4. The van der Waals surface area contributed by atoms with Gasteiger partial charge in [0.2, 0.25) is 0 Å². The van der Waals surface area contributed by atoms with Crippen LogP contribution >= 0.6 is 0 Å². The third kappa shape index (κ3) is 4.23. The van der Waals surface area contributed by atoms with E-state index in [9.17, 15) is 27.2 Å². The summed E-state index contributed by atoms with van der Waals surface area (Å²) in [5.74, 6) is -1.61. The standard InChI is InChI=1S/C22H23F4N3O3/c1-13(14-4-6-15(23)7-5-14)27-20(30)17-11-16(18-12-32-10-9-28(17)18)21(31)29-8-2-3-19(29)22(24,25)26/h4-7,11,13,19H,2-3,8-10,12H2,1H3,(H,27,30). The number of ether oxygens (including phenoxy) is 1. The minimum atomic E-state index is -4.51. The number of likely N-dealkylation sites (tertiary alicyclic amines) is 1. The lowest BCUT2D eigenvalue weighted by molar-refractivity contribution is -0.169. The van der Waals surface area contributed by atoms with Gasteiger partial charge in [0.05, 0.1) is 30.5 Å². The van der Waals surface area contributed by atoms with Crippen LogP contribution in [0.1, 0.15) is 57.9 Å². The van der Waals surface area contributed by atoms with Gasteiger partial charge in [0, 0.05) is 13.1 Å². The van der Waals surface area contributed by atoms with Crippen molar-refractivity contribution in [2.24, 2.45) is 0 Å². The largest absolute Gasteiger partial charge is 0.408 e. The summed E-state index contributed by atoms with van der Waals surface area (Å²) in [5, 5.41) is 2.81. The minimum Gasteiger partial charge on any atom is -0.373 e. The predicted molar refractivity (Wildman–Crippen MR) is 106 cm³/mol. The first-order valence-electron chi connectivity index (χ1n) is 10.4. The molecule has 4 rings (SSSR count). The second kappa shape index (κ2) is 8.57. The van der Waals surface area contributed by atoms with E-state index in [1.807, 2.05) is 0 Å². The topological polar surface area (TPSA) is 63.6 Å². The molecule has 0 spiro atoms. The van der Waals surface area contributed by atoms with Crippen LogP contribution in [0.15, 0.2) is 30.3 Å². The van der Waals surface area contributed by atoms with Crippen molar-refractivity contribution in [3.63, 3.8) is 0 Å². The lowest BCUT2D eigenvalue weighted by atomic mass is 10.1. The van der Waals surface area contributed by atoms with Gasteiger partial charge in [0.1, 0.15) is 17.6 Å². The van der Waals surface area contributed by atoms with Gasteiger partial charge >= 0.3 is 6.18 Å². The van der Waals surface area contributed by atoms with Crippen molar-refractivity contribution < 1.29 is 31.9 Å². The van der Waals surface area contributed by atoms with Crippen LogP contribution in [0.5, 0.6) is 0 Å². The van der Waals surface area contributed by atoms with E-state index in [1.54, 1.807) is 23.6 Å². The van der Waals surface area contributed by atoms with Crippen LogP contribution in [-0.2, 0) is 17.9 Å². The van der Waals surface area contributed by atoms with E-state index in [1.165, 1.54) is 18.2 Å². The lowest BCUT2D eigenvalue weighted by Gasteiger charge is -2.27. The number of aromatic nitrogens is 1. The van der Waals surface area contributed by atoms with Crippen molar-refractivity contribution in [1.29, 1.82) is 0 Å². The fourth-order valence-corrected chi connectivity index (χ4v) is 4.31. The maximum Gasteiger partial charge on any atom is 0.408 e. The number of halogens is 4. The highest BCUT2D eigenvalue weighted by atomic mass is 19.4. The normalized spacial score (nSPS) is 19.5. The van der Waals surface area contributed by atoms with Gasteiger partial charge in [-0.15, -0.1) is 0 Å². The Bertz CT molecular complexity index is 1020. The molecule has 10 heteroatoms. The number of hydrogen-bond donors (Lipinski definition) is 1. The smallest absolute Gasteiger partial charge is 0.373 e. The monoisotopic (exact) mass is 453 g/mol. The van der Waals surface area contributed by atoms with Crippen molar-refractivity contribution in [1.82, 2.24) is 14.8 Å². The van der Waals surface area contributed by atoms with Gasteiger partial charge in [-0.05, 0) is 43.5 Å². The summed E-state index contributed by atoms with van der Waals surface area (Å²) >= 11 is 0. The van der Waals surface area contributed by atoms with E-state index in [-0.39, 0.29) is 37.3 Å². The van der Waals surface area contributed by atoms with Crippen molar-refractivity contribution in [2.75, 3.05) is 13.2 Å². The maximum absolute atomic E-state index is 13.4. The molecule has 1 saturated heterocycles. The highest BCUT2D eigenvalue weighted by Crippen LogP contribution is 2.34. The molecule has 2 aromatic rings. The molecule has 3 heterocycles. The van der Waals surface area contributed by atoms with Crippen molar-refractivity contribution in [3.8, 4) is 0 Å². The Hall–Kier alpha value is -2.88. The summed E-state index contributed by atoms with van der Waals surface area (Å²) in [6.45, 7) is 2.40. The molecule has 1 fully saturated rings. The van der Waals surface area contributed by atoms with E-state index in [4.69, 9.17) is 4.74 Å². The summed E-state index contributed by atoms with van der Waals surface area (Å²) in [6.07, 6.45) is -4.37. The Morgan fingerprint density at radius 1 is 1.19 bits per heavy atom. The number of carbonyl (C=O) groups is 2. The zero-order valence-corrected chi connectivity index (χ0v) is 17.4. The quantitative estimate of drug-likeness (QED) is 0.717. The molecular weight excluding hydrogens is 430 g/mol. The zero-order chi connectivity index (χ0) is 23.0. The van der Waals surface area contributed by atoms with Gasteiger partial charge in [0.15, 0.2) is 0 Å². The van der Waals surface area contributed by atoms with Crippen LogP contribution in [0.2, 0.25) is 0 Å². The predicted octanol–water partition coefficient (Wildman–Crippen LogP) is 3.82. The summed E-state index contributed by atoms with van der Waals surface area (Å²) in [7, 11) is 0. The van der Waals surface area contributed by atoms with Gasteiger partial charge in [-0.1, -0.05) is 12.1 Å². The van der Waals surface area contributed by atoms with Gasteiger partial charge in [-0.25, -0.2) is 4.39 Å². The van der Waals surface area contributed by atoms with Gasteiger partial charge in [-0.3, -0.25) is 9.59 Å². The number of hydrogen-bond acceptors (Lipinski definition) is 3. The number of rotatable bonds is 4. The average Bonchev–Trinajstić information content (AvgIpc) is 3.39. The second-order valence-electron chi connectivity index (χ2n) is 8.04. The Morgan fingerprint density at radius 2 is 1.91 bits per heavy atom. The van der Waals surface area contributed by atoms with Crippen LogP contribution in [0.4, 0.5) is 17.6 Å². The molecule has 0 radical (unpaired) electrons. The molecule has 2 atom stereocenters. The maximum atomic E-state index is 13.4. The van der Waals surface area contributed by atoms with E-state index in [2.05, 4.69) is 5.32 Å². The van der Waals surface area contributed by atoms with E-state index in [0.29, 0.717) is 24.4 Å². The lowest BCUT2D eigenvalue weighted by Crippen LogP contribution is -2.44. The molecule has 1 N–H and O–H groups in total. The molecule has 32 heavy (non-hydrogen) atoms. The van der Waals surface area contributed by atoms with E-state index < -0.39 is 35.9 Å². The molecular formula is C22H23F4N3O3. The summed E-state index contributed by atoms with van der Waals surface area (Å²) < 4.78 is 60.3. The fraction of sp³-hybridized carbons (Fsp3) is 0.455. The number of alkyl halides is 3. The summed E-state index contributed by atoms with van der Waals surface area (Å²) in [6, 6.07) is 4.77. The van der Waals surface area contributed by atoms with Crippen LogP contribution in [0.3, 0.4) is 0 Å². The number of amides is 2. The third-order valence-corrected chi connectivity index (χ3v) is 5.98. The average molecular weight is 453 g/mol. The SMILES string of the molecule is CC(NC(=O)c1cc(C(=O)N2CCCC2C(F)(F)F)c2n1CCOC2)c1ccc(F)cc1. The summed E-state index contributed by atoms with van der Waals surface area (Å²) in [4.78, 5) is 26.9. The molecule has 0 aliphatic carbocycles. The molecule has 2 aliphatic heterocycles. The fourth-order valence-electron chi connectivity index (χ4n) is 4.31. The number of nitrogens with one attached hydrogen (secondary N) is 1. The first-order valence-corrected chi connectivity index (χ1v) is 10.4. The van der Waals surface area contributed by atoms with Crippen LogP contribution in [0, 0.1) is 5.82 Å². The highest BCUT2D eigenvalue weighted by molar-refractivity contribution is 6.01.